The van der Waals surface area contributed by atoms with Crippen LogP contribution in [0.5, 0.6) is 11.5 Å². The van der Waals surface area contributed by atoms with E-state index in [2.05, 4.69) is 4.90 Å². The summed E-state index contributed by atoms with van der Waals surface area (Å²) in [6.07, 6.45) is 1.13. The number of rotatable bonds is 4. The van der Waals surface area contributed by atoms with Gasteiger partial charge in [0.2, 0.25) is 0 Å². The number of nitrogen functional groups attached to an aromatic ring is 1. The van der Waals surface area contributed by atoms with Crippen LogP contribution in [-0.4, -0.2) is 59.5 Å². The number of likely N-dealkylation sites (N-methyl/N-ethyl adjacent to an activating group) is 1. The third-order valence-electron chi connectivity index (χ3n) is 8.32. The van der Waals surface area contributed by atoms with E-state index in [0.717, 1.165) is 28.8 Å². The van der Waals surface area contributed by atoms with Crippen LogP contribution >= 0.6 is 0 Å². The van der Waals surface area contributed by atoms with Gasteiger partial charge in [-0.25, -0.2) is 0 Å². The number of aliphatic hydroxyl groups is 1. The highest BCUT2D eigenvalue weighted by molar-refractivity contribution is 5.95. The summed E-state index contributed by atoms with van der Waals surface area (Å²) in [5.41, 5.74) is 8.87. The van der Waals surface area contributed by atoms with Crippen LogP contribution in [0.25, 0.3) is 11.1 Å². The van der Waals surface area contributed by atoms with Crippen molar-refractivity contribution < 1.29 is 24.2 Å². The smallest absolute Gasteiger partial charge is 0.185 e. The Morgan fingerprint density at radius 3 is 2.79 bits per heavy atom. The number of Topliss-reactive ketones (excluding diaryl/α,β-unsaturated/α-hetero) is 2. The number of likely N-dealkylation sites (tertiary alicyclic amines) is 1. The second-order valence-corrected chi connectivity index (χ2v) is 9.97. The van der Waals surface area contributed by atoms with Gasteiger partial charge in [0, 0.05) is 23.6 Å². The normalized spacial score (nSPS) is 31.7. The Kier molecular flexibility index (Phi) is 4.27. The van der Waals surface area contributed by atoms with Crippen molar-refractivity contribution in [3.05, 3.63) is 41.5 Å². The molecule has 7 heteroatoms. The molecule has 33 heavy (non-hydrogen) atoms. The summed E-state index contributed by atoms with van der Waals surface area (Å²) in [5, 5.41) is 12.2. The number of benzene rings is 2. The molecular weight excluding hydrogens is 420 g/mol. The Morgan fingerprint density at radius 1 is 1.30 bits per heavy atom. The number of piperidine rings is 1. The molecule has 4 aliphatic rings. The number of ether oxygens (including phenoxy) is 2. The van der Waals surface area contributed by atoms with Gasteiger partial charge in [-0.2, -0.15) is 0 Å². The molecule has 2 aromatic rings. The van der Waals surface area contributed by atoms with E-state index in [-0.39, 0.29) is 30.6 Å². The number of carbonyl (C=O) groups excluding carboxylic acids is 2. The minimum atomic E-state index is -1.08. The fraction of sp³-hybridized carbons (Fsp3) is 0.462. The molecule has 1 spiro atoms. The number of hydrogen-bond donors (Lipinski definition) is 2. The predicted octanol–water partition coefficient (Wildman–Crippen LogP) is 2.26. The Morgan fingerprint density at radius 2 is 2.06 bits per heavy atom. The van der Waals surface area contributed by atoms with E-state index < -0.39 is 17.1 Å². The standard InChI is InChI=1S/C26H28N2O5/c1-14(29)13-32-23-21(27)19(15-6-4-3-5-7-15)16-12-18-26(31)9-8-17(30)24-25(26,10-11-28(18)2)20(16)22(23)33-24/h3-7,18,24,31H,8-13,27H2,1-2H3/t18-,24+,25+,26-/m1/s1. The second kappa shape index (κ2) is 6.81. The van der Waals surface area contributed by atoms with Crippen molar-refractivity contribution in [2.45, 2.75) is 55.8 Å². The molecule has 1 saturated carbocycles. The highest BCUT2D eigenvalue weighted by Crippen LogP contribution is 2.67. The minimum absolute atomic E-state index is 0.00405. The Hall–Kier alpha value is -2.90. The largest absolute Gasteiger partial charge is 0.480 e. The first-order valence-electron chi connectivity index (χ1n) is 11.6. The lowest BCUT2D eigenvalue weighted by Gasteiger charge is -2.62. The van der Waals surface area contributed by atoms with Crippen LogP contribution in [0.1, 0.15) is 37.3 Å². The van der Waals surface area contributed by atoms with E-state index >= 15 is 0 Å². The molecule has 3 N–H and O–H groups in total. The summed E-state index contributed by atoms with van der Waals surface area (Å²) in [6, 6.07) is 9.72. The zero-order chi connectivity index (χ0) is 23.1. The van der Waals surface area contributed by atoms with Crippen LogP contribution < -0.4 is 15.2 Å². The van der Waals surface area contributed by atoms with Gasteiger partial charge in [-0.3, -0.25) is 9.59 Å². The SMILES string of the molecule is CC(=O)COc1c(N)c(-c2ccccc2)c2c3c1O[C@H]1C(=O)CC[C@@]4(O)[C@@H](C2)N(C)CC[C@]314. The van der Waals surface area contributed by atoms with Gasteiger partial charge in [-0.15, -0.1) is 0 Å². The molecule has 172 valence electrons. The van der Waals surface area contributed by atoms with E-state index in [4.69, 9.17) is 15.2 Å². The van der Waals surface area contributed by atoms with Crippen molar-refractivity contribution in [1.29, 1.82) is 0 Å². The van der Waals surface area contributed by atoms with Gasteiger partial charge < -0.3 is 25.2 Å². The topological polar surface area (TPSA) is 102 Å². The Bertz CT molecular complexity index is 1200. The molecule has 0 radical (unpaired) electrons. The molecule has 2 heterocycles. The fourth-order valence-electron chi connectivity index (χ4n) is 6.94. The van der Waals surface area contributed by atoms with Gasteiger partial charge >= 0.3 is 0 Å². The van der Waals surface area contributed by atoms with Crippen molar-refractivity contribution in [2.75, 3.05) is 25.9 Å². The molecule has 2 aromatic carbocycles. The molecule has 2 aliphatic carbocycles. The van der Waals surface area contributed by atoms with Crippen LogP contribution in [0.15, 0.2) is 30.3 Å². The number of nitrogens with two attached hydrogens (primary N) is 1. The average Bonchev–Trinajstić information content (AvgIpc) is 3.14. The second-order valence-electron chi connectivity index (χ2n) is 9.97. The van der Waals surface area contributed by atoms with Crippen LogP contribution in [0.4, 0.5) is 5.69 Å². The van der Waals surface area contributed by atoms with Gasteiger partial charge in [0.05, 0.1) is 16.7 Å². The van der Waals surface area contributed by atoms with E-state index in [9.17, 15) is 14.7 Å². The zero-order valence-corrected chi connectivity index (χ0v) is 18.9. The van der Waals surface area contributed by atoms with Gasteiger partial charge in [-0.05, 0) is 50.9 Å². The summed E-state index contributed by atoms with van der Waals surface area (Å²) in [5.74, 6) is 0.606. The summed E-state index contributed by atoms with van der Waals surface area (Å²) in [6.45, 7) is 2.07. The van der Waals surface area contributed by atoms with Crippen molar-refractivity contribution in [2.24, 2.45) is 0 Å². The summed E-state index contributed by atoms with van der Waals surface area (Å²) in [4.78, 5) is 27.2. The summed E-state index contributed by atoms with van der Waals surface area (Å²) in [7, 11) is 2.04. The van der Waals surface area contributed by atoms with E-state index in [1.165, 1.54) is 6.92 Å². The lowest BCUT2D eigenvalue weighted by atomic mass is 9.48. The Balaban J connectivity index is 1.70. The van der Waals surface area contributed by atoms with Crippen molar-refractivity contribution >= 4 is 17.3 Å². The number of ketones is 2. The number of hydrogen-bond acceptors (Lipinski definition) is 7. The van der Waals surface area contributed by atoms with Gasteiger partial charge in [-0.1, -0.05) is 30.3 Å². The quantitative estimate of drug-likeness (QED) is 0.692. The number of nitrogens with zero attached hydrogens (tertiary/aromatic N) is 1. The molecule has 4 atom stereocenters. The Labute approximate surface area is 192 Å². The van der Waals surface area contributed by atoms with E-state index in [1.807, 2.05) is 37.4 Å². The molecule has 7 nitrogen and oxygen atoms in total. The maximum absolute atomic E-state index is 13.2. The highest BCUT2D eigenvalue weighted by Gasteiger charge is 2.73. The molecule has 1 saturated heterocycles. The molecule has 0 aromatic heterocycles. The molecular formula is C26H28N2O5. The van der Waals surface area contributed by atoms with Crippen LogP contribution in [0, 0.1) is 0 Å². The monoisotopic (exact) mass is 448 g/mol. The zero-order valence-electron chi connectivity index (χ0n) is 18.9. The van der Waals surface area contributed by atoms with Crippen molar-refractivity contribution in [1.82, 2.24) is 4.90 Å². The van der Waals surface area contributed by atoms with Crippen molar-refractivity contribution in [3.63, 3.8) is 0 Å². The molecule has 0 unspecified atom stereocenters. The van der Waals surface area contributed by atoms with Gasteiger partial charge in [0.25, 0.3) is 0 Å². The van der Waals surface area contributed by atoms with Crippen LogP contribution in [-0.2, 0) is 21.4 Å². The lowest BCUT2D eigenvalue weighted by Crippen LogP contribution is -2.76. The number of carbonyl (C=O) groups is 2. The van der Waals surface area contributed by atoms with Gasteiger partial charge in [0.1, 0.15) is 6.61 Å². The predicted molar refractivity (Wildman–Crippen MR) is 122 cm³/mol. The first-order chi connectivity index (χ1) is 15.8. The molecule has 2 bridgehead atoms. The first-order valence-corrected chi connectivity index (χ1v) is 11.6. The first kappa shape index (κ1) is 20.7. The maximum atomic E-state index is 13.2. The lowest BCUT2D eigenvalue weighted by molar-refractivity contribution is -0.185. The molecule has 2 fully saturated rings. The number of anilines is 1. The third-order valence-corrected chi connectivity index (χ3v) is 8.32. The van der Waals surface area contributed by atoms with Gasteiger partial charge in [0.15, 0.2) is 29.2 Å². The van der Waals surface area contributed by atoms with Crippen LogP contribution in [0.2, 0.25) is 0 Å². The molecule has 0 amide bonds. The highest BCUT2D eigenvalue weighted by atomic mass is 16.5. The maximum Gasteiger partial charge on any atom is 0.185 e. The third kappa shape index (κ3) is 2.47. The minimum Gasteiger partial charge on any atom is -0.480 e. The van der Waals surface area contributed by atoms with E-state index in [1.54, 1.807) is 0 Å². The summed E-state index contributed by atoms with van der Waals surface area (Å²) >= 11 is 0. The summed E-state index contributed by atoms with van der Waals surface area (Å²) < 4.78 is 12.3. The average molecular weight is 449 g/mol. The molecule has 2 aliphatic heterocycles. The fourth-order valence-corrected chi connectivity index (χ4v) is 6.94. The van der Waals surface area contributed by atoms with Crippen LogP contribution in [0.3, 0.4) is 0 Å². The molecule has 6 rings (SSSR count). The van der Waals surface area contributed by atoms with E-state index in [0.29, 0.717) is 36.4 Å². The van der Waals surface area contributed by atoms with Crippen molar-refractivity contribution in [3.8, 4) is 22.6 Å².